The Morgan fingerprint density at radius 2 is 2.00 bits per heavy atom. The average molecular weight is 288 g/mol. The molecule has 0 saturated heterocycles. The van der Waals surface area contributed by atoms with Gasteiger partial charge >= 0.3 is 0 Å². The lowest BCUT2D eigenvalue weighted by atomic mass is 10.1. The minimum absolute atomic E-state index is 0.243. The molecule has 0 aliphatic carbocycles. The highest BCUT2D eigenvalue weighted by Gasteiger charge is 2.21. The Labute approximate surface area is 116 Å². The van der Waals surface area contributed by atoms with Crippen LogP contribution in [0.1, 0.15) is 25.0 Å². The largest absolute Gasteiger partial charge is 0.285 e. The number of hydrogen-bond donors (Lipinski definition) is 0. The van der Waals surface area contributed by atoms with E-state index in [-0.39, 0.29) is 5.01 Å². The second-order valence-electron chi connectivity index (χ2n) is 3.97. The molecule has 2 aromatic heterocycles. The molecule has 3 aromatic rings. The van der Waals surface area contributed by atoms with Crippen LogP contribution in [0.15, 0.2) is 29.9 Å². The van der Waals surface area contributed by atoms with E-state index in [4.69, 9.17) is 0 Å². The fourth-order valence-corrected chi connectivity index (χ4v) is 3.10. The van der Waals surface area contributed by atoms with Gasteiger partial charge in [-0.2, -0.15) is 0 Å². The Bertz CT molecular complexity index is 789. The van der Waals surface area contributed by atoms with Crippen molar-refractivity contribution in [1.29, 1.82) is 0 Å². The molecule has 1 aromatic carbocycles. The number of hydrogen-bond acceptors (Lipinski definition) is 6. The molecule has 0 aliphatic heterocycles. The van der Waals surface area contributed by atoms with Gasteiger partial charge in [-0.1, -0.05) is 0 Å². The summed E-state index contributed by atoms with van der Waals surface area (Å²) in [6, 6.07) is 5.08. The lowest BCUT2D eigenvalue weighted by Gasteiger charge is -1.97. The number of carbonyl (C=O) groups excluding carboxylic acids is 2. The van der Waals surface area contributed by atoms with Gasteiger partial charge in [-0.25, -0.2) is 9.97 Å². The summed E-state index contributed by atoms with van der Waals surface area (Å²) in [7, 11) is 0. The summed E-state index contributed by atoms with van der Waals surface area (Å²) >= 11 is 2.68. The Balaban J connectivity index is 1.96. The fourth-order valence-electron chi connectivity index (χ4n) is 1.68. The van der Waals surface area contributed by atoms with E-state index in [0.717, 1.165) is 15.1 Å². The molecule has 0 amide bonds. The van der Waals surface area contributed by atoms with Crippen molar-refractivity contribution >= 4 is 44.5 Å². The number of benzene rings is 1. The number of thiazole rings is 2. The van der Waals surface area contributed by atoms with Crippen LogP contribution in [0.2, 0.25) is 0 Å². The molecule has 0 atom stereocenters. The highest BCUT2D eigenvalue weighted by atomic mass is 32.1. The first kappa shape index (κ1) is 12.1. The van der Waals surface area contributed by atoms with Crippen LogP contribution in [0.3, 0.4) is 0 Å². The lowest BCUT2D eigenvalue weighted by molar-refractivity contribution is 0.0817. The number of rotatable bonds is 3. The first-order valence-corrected chi connectivity index (χ1v) is 7.19. The minimum Gasteiger partial charge on any atom is -0.285 e. The number of aromatic nitrogens is 2. The van der Waals surface area contributed by atoms with E-state index in [0.29, 0.717) is 5.56 Å². The van der Waals surface area contributed by atoms with E-state index in [9.17, 15) is 9.59 Å². The average Bonchev–Trinajstić information content (AvgIpc) is 3.04. The Morgan fingerprint density at radius 3 is 2.74 bits per heavy atom. The molecule has 0 fully saturated rings. The third-order valence-electron chi connectivity index (χ3n) is 2.62. The molecule has 0 radical (unpaired) electrons. The van der Waals surface area contributed by atoms with Crippen molar-refractivity contribution in [2.75, 3.05) is 0 Å². The molecule has 0 N–H and O–H groups in total. The predicted octanol–water partition coefficient (Wildman–Crippen LogP) is 3.13. The standard InChI is InChI=1S/C13H8N2O2S2/c1-7-5-14-13(19-7)12(17)11(16)8-2-3-9-10(4-8)18-6-15-9/h2-6H,1H3. The summed E-state index contributed by atoms with van der Waals surface area (Å²) < 4.78 is 0.897. The van der Waals surface area contributed by atoms with Crippen LogP contribution < -0.4 is 0 Å². The SMILES string of the molecule is Cc1cnc(C(=O)C(=O)c2ccc3ncsc3c2)s1. The van der Waals surface area contributed by atoms with Crippen LogP contribution >= 0.6 is 22.7 Å². The van der Waals surface area contributed by atoms with Gasteiger partial charge in [0.25, 0.3) is 5.78 Å². The molecule has 3 rings (SSSR count). The smallest absolute Gasteiger partial charge is 0.261 e. The molecule has 6 heteroatoms. The van der Waals surface area contributed by atoms with Crippen molar-refractivity contribution in [3.05, 3.63) is 45.4 Å². The van der Waals surface area contributed by atoms with Crippen LogP contribution in [-0.4, -0.2) is 21.5 Å². The summed E-state index contributed by atoms with van der Waals surface area (Å²) in [5, 5.41) is 0.243. The van der Waals surface area contributed by atoms with E-state index in [1.54, 1.807) is 29.9 Å². The maximum absolute atomic E-state index is 12.1. The number of aryl methyl sites for hydroxylation is 1. The van der Waals surface area contributed by atoms with Gasteiger partial charge in [-0.15, -0.1) is 22.7 Å². The zero-order valence-corrected chi connectivity index (χ0v) is 11.5. The molecule has 0 unspecified atom stereocenters. The molecular weight excluding hydrogens is 280 g/mol. The quantitative estimate of drug-likeness (QED) is 0.549. The highest BCUT2D eigenvalue weighted by molar-refractivity contribution is 7.16. The van der Waals surface area contributed by atoms with Crippen molar-refractivity contribution in [1.82, 2.24) is 9.97 Å². The van der Waals surface area contributed by atoms with Gasteiger partial charge in [-0.3, -0.25) is 9.59 Å². The Kier molecular flexibility index (Phi) is 2.96. The van der Waals surface area contributed by atoms with Crippen molar-refractivity contribution in [3.8, 4) is 0 Å². The van der Waals surface area contributed by atoms with Crippen LogP contribution in [0, 0.1) is 6.92 Å². The predicted molar refractivity (Wildman–Crippen MR) is 75.1 cm³/mol. The van der Waals surface area contributed by atoms with Crippen molar-refractivity contribution in [2.24, 2.45) is 0 Å². The zero-order chi connectivity index (χ0) is 13.4. The maximum Gasteiger partial charge on any atom is 0.261 e. The summed E-state index contributed by atoms with van der Waals surface area (Å²) in [6.45, 7) is 1.85. The summed E-state index contributed by atoms with van der Waals surface area (Å²) in [5.41, 5.74) is 2.93. The Morgan fingerprint density at radius 1 is 1.16 bits per heavy atom. The third-order valence-corrected chi connectivity index (χ3v) is 4.32. The third kappa shape index (κ3) is 2.20. The zero-order valence-electron chi connectivity index (χ0n) is 9.91. The number of carbonyl (C=O) groups is 2. The summed E-state index contributed by atoms with van der Waals surface area (Å²) in [4.78, 5) is 33.1. The minimum atomic E-state index is -0.554. The van der Waals surface area contributed by atoms with Crippen LogP contribution in [-0.2, 0) is 0 Å². The van der Waals surface area contributed by atoms with E-state index in [1.165, 1.54) is 22.7 Å². The molecule has 0 spiro atoms. The normalized spacial score (nSPS) is 10.8. The first-order chi connectivity index (χ1) is 9.15. The summed E-state index contributed by atoms with van der Waals surface area (Å²) in [6.07, 6.45) is 1.59. The first-order valence-electron chi connectivity index (χ1n) is 5.50. The van der Waals surface area contributed by atoms with Crippen LogP contribution in [0.5, 0.6) is 0 Å². The molecular formula is C13H8N2O2S2. The van der Waals surface area contributed by atoms with Crippen LogP contribution in [0.25, 0.3) is 10.2 Å². The second kappa shape index (κ2) is 4.64. The highest BCUT2D eigenvalue weighted by Crippen LogP contribution is 2.21. The second-order valence-corrected chi connectivity index (χ2v) is 6.09. The molecule has 0 aliphatic rings. The van der Waals surface area contributed by atoms with Crippen molar-refractivity contribution in [3.63, 3.8) is 0 Å². The molecule has 19 heavy (non-hydrogen) atoms. The van der Waals surface area contributed by atoms with Crippen molar-refractivity contribution in [2.45, 2.75) is 6.92 Å². The lowest BCUT2D eigenvalue weighted by Crippen LogP contribution is -2.13. The van der Waals surface area contributed by atoms with Crippen LogP contribution in [0.4, 0.5) is 0 Å². The summed E-state index contributed by atoms with van der Waals surface area (Å²) in [5.74, 6) is -1.08. The Hall–Kier alpha value is -1.92. The van der Waals surface area contributed by atoms with Gasteiger partial charge in [0.1, 0.15) is 0 Å². The number of ketones is 2. The van der Waals surface area contributed by atoms with Gasteiger partial charge in [0.15, 0.2) is 5.01 Å². The van der Waals surface area contributed by atoms with Gasteiger partial charge in [0.2, 0.25) is 5.78 Å². The topological polar surface area (TPSA) is 59.9 Å². The molecule has 0 bridgehead atoms. The molecule has 4 nitrogen and oxygen atoms in total. The molecule has 2 heterocycles. The maximum atomic E-state index is 12.1. The molecule has 94 valence electrons. The number of nitrogens with zero attached hydrogens (tertiary/aromatic N) is 2. The van der Waals surface area contributed by atoms with E-state index in [2.05, 4.69) is 9.97 Å². The van der Waals surface area contributed by atoms with Crippen molar-refractivity contribution < 1.29 is 9.59 Å². The van der Waals surface area contributed by atoms with E-state index < -0.39 is 11.6 Å². The van der Waals surface area contributed by atoms with Gasteiger partial charge in [0.05, 0.1) is 15.7 Å². The van der Waals surface area contributed by atoms with Gasteiger partial charge < -0.3 is 0 Å². The van der Waals surface area contributed by atoms with Gasteiger partial charge in [-0.05, 0) is 25.1 Å². The monoisotopic (exact) mass is 288 g/mol. The van der Waals surface area contributed by atoms with E-state index >= 15 is 0 Å². The van der Waals surface area contributed by atoms with Gasteiger partial charge in [0, 0.05) is 16.6 Å². The number of fused-ring (bicyclic) bond motifs is 1. The van der Waals surface area contributed by atoms with E-state index in [1.807, 2.05) is 6.92 Å². The molecule has 0 saturated carbocycles. The number of Topliss-reactive ketones (excluding diaryl/α,β-unsaturated/α-hetero) is 2. The fraction of sp³-hybridized carbons (Fsp3) is 0.0769.